The molecule has 0 bridgehead atoms. The largest absolute Gasteiger partial charge is 0.619 e. The zero-order chi connectivity index (χ0) is 13.0. The Hall–Kier alpha value is -2.63. The van der Waals surface area contributed by atoms with Crippen LogP contribution < -0.4 is 14.8 Å². The Balaban J connectivity index is 2.08. The number of nitrogens with one attached hydrogen (secondary N) is 1. The van der Waals surface area contributed by atoms with E-state index in [-0.39, 0.29) is 5.91 Å². The second-order valence-electron chi connectivity index (χ2n) is 3.49. The molecule has 2 aromatic rings. The quantitative estimate of drug-likeness (QED) is 0.645. The van der Waals surface area contributed by atoms with Gasteiger partial charge >= 0.3 is 0 Å². The van der Waals surface area contributed by atoms with Crippen molar-refractivity contribution >= 4 is 11.6 Å². The Labute approximate surface area is 103 Å². The second-order valence-corrected chi connectivity index (χ2v) is 3.49. The Morgan fingerprint density at radius 3 is 2.61 bits per heavy atom. The van der Waals surface area contributed by atoms with Gasteiger partial charge in [-0.1, -0.05) is 0 Å². The van der Waals surface area contributed by atoms with Crippen LogP contribution in [0.2, 0.25) is 0 Å². The molecule has 1 N–H and O–H groups in total. The first-order chi connectivity index (χ1) is 8.69. The third-order valence-corrected chi connectivity index (χ3v) is 2.27. The molecule has 0 aliphatic heterocycles. The predicted molar refractivity (Wildman–Crippen MR) is 64.1 cm³/mol. The maximum atomic E-state index is 11.8. The fraction of sp³-hybridized carbons (Fsp3) is 0.0833. The van der Waals surface area contributed by atoms with Crippen molar-refractivity contribution in [2.45, 2.75) is 0 Å². The van der Waals surface area contributed by atoms with Gasteiger partial charge in [0.25, 0.3) is 5.91 Å². The third kappa shape index (κ3) is 2.73. The van der Waals surface area contributed by atoms with Gasteiger partial charge < -0.3 is 15.3 Å². The summed E-state index contributed by atoms with van der Waals surface area (Å²) in [6.07, 6.45) is 4.02. The van der Waals surface area contributed by atoms with E-state index in [1.165, 1.54) is 37.8 Å². The van der Waals surface area contributed by atoms with Crippen molar-refractivity contribution in [2.24, 2.45) is 0 Å². The summed E-state index contributed by atoms with van der Waals surface area (Å²) in [5, 5.41) is 13.5. The summed E-state index contributed by atoms with van der Waals surface area (Å²) in [6, 6.07) is 6.21. The third-order valence-electron chi connectivity index (χ3n) is 2.27. The van der Waals surface area contributed by atoms with Gasteiger partial charge in [-0.2, -0.15) is 4.73 Å². The summed E-state index contributed by atoms with van der Waals surface area (Å²) in [6.45, 7) is 0. The van der Waals surface area contributed by atoms with Crippen molar-refractivity contribution in [3.8, 4) is 5.88 Å². The van der Waals surface area contributed by atoms with Gasteiger partial charge in [0.05, 0.1) is 24.6 Å². The normalized spacial score (nSPS) is 9.83. The number of anilines is 1. The van der Waals surface area contributed by atoms with E-state index in [4.69, 9.17) is 4.74 Å². The van der Waals surface area contributed by atoms with Gasteiger partial charge in [-0.15, -0.1) is 0 Å². The highest BCUT2D eigenvalue weighted by molar-refractivity contribution is 6.03. The van der Waals surface area contributed by atoms with Crippen molar-refractivity contribution in [2.75, 3.05) is 12.4 Å². The van der Waals surface area contributed by atoms with Crippen LogP contribution in [0, 0.1) is 5.21 Å². The molecule has 6 heteroatoms. The smallest absolute Gasteiger partial charge is 0.256 e. The molecule has 6 nitrogen and oxygen atoms in total. The Morgan fingerprint density at radius 1 is 1.33 bits per heavy atom. The monoisotopic (exact) mass is 245 g/mol. The predicted octanol–water partition coefficient (Wildman–Crippen LogP) is 0.976. The van der Waals surface area contributed by atoms with Gasteiger partial charge in [-0.25, -0.2) is 4.98 Å². The number of nitrogens with zero attached hydrogens (tertiary/aromatic N) is 2. The first kappa shape index (κ1) is 11.8. The summed E-state index contributed by atoms with van der Waals surface area (Å²) in [5.74, 6) is 0.169. The highest BCUT2D eigenvalue weighted by Crippen LogP contribution is 2.11. The van der Waals surface area contributed by atoms with E-state index in [0.29, 0.717) is 21.9 Å². The van der Waals surface area contributed by atoms with Crippen LogP contribution in [0.5, 0.6) is 5.88 Å². The molecule has 0 unspecified atom stereocenters. The molecule has 0 saturated heterocycles. The Bertz CT molecular complexity index is 537. The lowest BCUT2D eigenvalue weighted by Gasteiger charge is -2.05. The molecule has 0 aliphatic carbocycles. The van der Waals surface area contributed by atoms with Gasteiger partial charge in [0, 0.05) is 18.2 Å². The Morgan fingerprint density at radius 2 is 2.06 bits per heavy atom. The van der Waals surface area contributed by atoms with Crippen LogP contribution in [0.4, 0.5) is 5.69 Å². The van der Waals surface area contributed by atoms with Gasteiger partial charge in [-0.3, -0.25) is 4.79 Å². The van der Waals surface area contributed by atoms with Crippen molar-refractivity contribution in [1.82, 2.24) is 4.98 Å². The summed E-state index contributed by atoms with van der Waals surface area (Å²) in [5.41, 5.74) is 0.956. The van der Waals surface area contributed by atoms with Crippen LogP contribution in [0.15, 0.2) is 42.9 Å². The number of hydrogen-bond donors (Lipinski definition) is 1. The van der Waals surface area contributed by atoms with Crippen LogP contribution in [-0.4, -0.2) is 18.0 Å². The van der Waals surface area contributed by atoms with E-state index in [1.54, 1.807) is 12.1 Å². The van der Waals surface area contributed by atoms with Crippen LogP contribution in [0.25, 0.3) is 0 Å². The lowest BCUT2D eigenvalue weighted by Crippen LogP contribution is -2.25. The molecule has 0 aliphatic rings. The van der Waals surface area contributed by atoms with Crippen molar-refractivity contribution < 1.29 is 14.3 Å². The molecular weight excluding hydrogens is 234 g/mol. The molecule has 1 amide bonds. The first-order valence-electron chi connectivity index (χ1n) is 5.19. The number of carbonyl (C=O) groups excluding carboxylic acids is 1. The van der Waals surface area contributed by atoms with E-state index < -0.39 is 0 Å². The lowest BCUT2D eigenvalue weighted by molar-refractivity contribution is -0.605. The highest BCUT2D eigenvalue weighted by Gasteiger charge is 2.07. The van der Waals surface area contributed by atoms with Crippen LogP contribution in [-0.2, 0) is 0 Å². The zero-order valence-corrected chi connectivity index (χ0v) is 9.66. The number of pyridine rings is 2. The average molecular weight is 245 g/mol. The number of amides is 1. The molecule has 0 radical (unpaired) electrons. The van der Waals surface area contributed by atoms with Crippen LogP contribution in [0.3, 0.4) is 0 Å². The molecule has 2 aromatic heterocycles. The lowest BCUT2D eigenvalue weighted by atomic mass is 10.2. The molecule has 18 heavy (non-hydrogen) atoms. The number of methoxy groups -OCH3 is 1. The molecule has 92 valence electrons. The minimum Gasteiger partial charge on any atom is -0.619 e. The maximum Gasteiger partial charge on any atom is 0.256 e. The summed E-state index contributed by atoms with van der Waals surface area (Å²) in [4.78, 5) is 15.8. The molecule has 0 aromatic carbocycles. The fourth-order valence-electron chi connectivity index (χ4n) is 1.34. The molecular formula is C12H11N3O3. The average Bonchev–Trinajstić information content (AvgIpc) is 2.40. The van der Waals surface area contributed by atoms with Crippen LogP contribution in [0.1, 0.15) is 10.4 Å². The highest BCUT2D eigenvalue weighted by atomic mass is 16.5. The summed E-state index contributed by atoms with van der Waals surface area (Å²) >= 11 is 0. The second kappa shape index (κ2) is 5.13. The molecule has 0 saturated carbocycles. The number of hydrogen-bond acceptors (Lipinski definition) is 4. The van der Waals surface area contributed by atoms with Crippen molar-refractivity contribution in [3.63, 3.8) is 0 Å². The minimum absolute atomic E-state index is 0.303. The molecule has 0 atom stereocenters. The summed E-state index contributed by atoms with van der Waals surface area (Å²) in [7, 11) is 1.52. The Kier molecular flexibility index (Phi) is 3.38. The van der Waals surface area contributed by atoms with E-state index >= 15 is 0 Å². The van der Waals surface area contributed by atoms with Gasteiger partial charge in [-0.05, 0) is 6.07 Å². The summed E-state index contributed by atoms with van der Waals surface area (Å²) < 4.78 is 5.53. The molecule has 0 fully saturated rings. The number of carbonyl (C=O) groups is 1. The van der Waals surface area contributed by atoms with Crippen LogP contribution >= 0.6 is 0 Å². The standard InChI is InChI=1S/C12H11N3O3/c1-18-11-3-2-10(8-13-11)14-12(16)9-4-6-15(17)7-5-9/h2-8H,1H3,(H,14,16). The minimum atomic E-state index is -0.303. The number of ether oxygens (including phenoxy) is 1. The first-order valence-corrected chi connectivity index (χ1v) is 5.19. The van der Waals surface area contributed by atoms with E-state index in [9.17, 15) is 10.0 Å². The number of rotatable bonds is 3. The van der Waals surface area contributed by atoms with E-state index in [2.05, 4.69) is 10.3 Å². The molecule has 0 spiro atoms. The number of aromatic nitrogens is 2. The topological polar surface area (TPSA) is 78.2 Å². The van der Waals surface area contributed by atoms with E-state index in [0.717, 1.165) is 0 Å². The molecule has 2 rings (SSSR count). The van der Waals surface area contributed by atoms with Gasteiger partial charge in [0.2, 0.25) is 5.88 Å². The SMILES string of the molecule is COc1ccc(NC(=O)c2cc[n+]([O-])cc2)cn1. The van der Waals surface area contributed by atoms with E-state index in [1.807, 2.05) is 0 Å². The zero-order valence-electron chi connectivity index (χ0n) is 9.66. The molecule has 2 heterocycles. The van der Waals surface area contributed by atoms with Crippen molar-refractivity contribution in [3.05, 3.63) is 53.6 Å². The van der Waals surface area contributed by atoms with Crippen molar-refractivity contribution in [1.29, 1.82) is 0 Å². The van der Waals surface area contributed by atoms with Gasteiger partial charge in [0.1, 0.15) is 0 Å². The maximum absolute atomic E-state index is 11.8. The van der Waals surface area contributed by atoms with Gasteiger partial charge in [0.15, 0.2) is 12.4 Å². The fourth-order valence-corrected chi connectivity index (χ4v) is 1.34.